The van der Waals surface area contributed by atoms with Gasteiger partial charge in [0.25, 0.3) is 0 Å². The molecule has 1 aliphatic heterocycles. The first kappa shape index (κ1) is 28.6. The summed E-state index contributed by atoms with van der Waals surface area (Å²) in [5.74, 6) is 0. The quantitative estimate of drug-likeness (QED) is 0.192. The second-order valence-corrected chi connectivity index (χ2v) is 6.83. The van der Waals surface area contributed by atoms with E-state index in [9.17, 15) is 0 Å². The highest BCUT2D eigenvalue weighted by atomic mass is 16.6. The first-order chi connectivity index (χ1) is 15.4. The molecule has 0 radical (unpaired) electrons. The molecular formula is C21H43NO9. The summed E-state index contributed by atoms with van der Waals surface area (Å²) in [4.78, 5) is 0. The van der Waals surface area contributed by atoms with Gasteiger partial charge in [-0.05, 0) is 25.9 Å². The van der Waals surface area contributed by atoms with E-state index in [2.05, 4.69) is 5.32 Å². The lowest BCUT2D eigenvalue weighted by Gasteiger charge is -2.22. The molecule has 0 saturated carbocycles. The number of hydrogen-bond acceptors (Lipinski definition) is 10. The third kappa shape index (κ3) is 21.2. The zero-order chi connectivity index (χ0) is 22.1. The third-order valence-corrected chi connectivity index (χ3v) is 4.34. The van der Waals surface area contributed by atoms with Crippen molar-refractivity contribution in [1.82, 2.24) is 5.32 Å². The number of hydrogen-bond donors (Lipinski definition) is 2. The summed E-state index contributed by atoms with van der Waals surface area (Å²) in [5.41, 5.74) is 0. The molecule has 10 nitrogen and oxygen atoms in total. The van der Waals surface area contributed by atoms with Crippen LogP contribution in [0.2, 0.25) is 0 Å². The smallest absolute Gasteiger partial charge is 0.0704 e. The number of rotatable bonds is 24. The van der Waals surface area contributed by atoms with Gasteiger partial charge in [-0.2, -0.15) is 0 Å². The van der Waals surface area contributed by atoms with E-state index in [0.717, 1.165) is 25.9 Å². The highest BCUT2D eigenvalue weighted by Gasteiger charge is 2.12. The van der Waals surface area contributed by atoms with Crippen molar-refractivity contribution in [2.45, 2.75) is 18.9 Å². The molecule has 1 fully saturated rings. The maximum absolute atomic E-state index is 8.54. The minimum atomic E-state index is 0.0346. The molecule has 0 atom stereocenters. The van der Waals surface area contributed by atoms with Gasteiger partial charge in [0.1, 0.15) is 0 Å². The summed E-state index contributed by atoms with van der Waals surface area (Å²) >= 11 is 0. The number of aliphatic hydroxyl groups excluding tert-OH is 1. The second-order valence-electron chi connectivity index (χ2n) is 6.83. The Morgan fingerprint density at radius 1 is 0.484 bits per heavy atom. The molecule has 0 aromatic heterocycles. The summed E-state index contributed by atoms with van der Waals surface area (Å²) < 4.78 is 43.3. The van der Waals surface area contributed by atoms with Gasteiger partial charge in [-0.15, -0.1) is 0 Å². The average molecular weight is 454 g/mol. The minimum Gasteiger partial charge on any atom is -0.394 e. The van der Waals surface area contributed by atoms with E-state index in [1.165, 1.54) is 0 Å². The van der Waals surface area contributed by atoms with Crippen molar-refractivity contribution < 1.29 is 43.0 Å². The fraction of sp³-hybridized carbons (Fsp3) is 1.00. The van der Waals surface area contributed by atoms with Crippen LogP contribution in [0.25, 0.3) is 0 Å². The van der Waals surface area contributed by atoms with E-state index < -0.39 is 0 Å². The van der Waals surface area contributed by atoms with Crippen LogP contribution >= 0.6 is 0 Å². The largest absolute Gasteiger partial charge is 0.394 e. The molecule has 0 aliphatic carbocycles. The van der Waals surface area contributed by atoms with E-state index in [1.54, 1.807) is 0 Å². The lowest BCUT2D eigenvalue weighted by Crippen LogP contribution is -2.33. The van der Waals surface area contributed by atoms with Crippen molar-refractivity contribution in [2.75, 3.05) is 119 Å². The highest BCUT2D eigenvalue weighted by Crippen LogP contribution is 2.06. The molecule has 0 bridgehead atoms. The highest BCUT2D eigenvalue weighted by molar-refractivity contribution is 4.67. The first-order valence-corrected chi connectivity index (χ1v) is 11.4. The molecule has 186 valence electrons. The monoisotopic (exact) mass is 453 g/mol. The fourth-order valence-electron chi connectivity index (χ4n) is 2.72. The van der Waals surface area contributed by atoms with Crippen LogP contribution in [0.4, 0.5) is 0 Å². The van der Waals surface area contributed by atoms with E-state index in [-0.39, 0.29) is 6.61 Å². The predicted molar refractivity (Wildman–Crippen MR) is 115 cm³/mol. The molecule has 1 heterocycles. The van der Waals surface area contributed by atoms with Crippen LogP contribution in [0.3, 0.4) is 0 Å². The van der Waals surface area contributed by atoms with Crippen LogP contribution in [0, 0.1) is 0 Å². The molecule has 31 heavy (non-hydrogen) atoms. The Kier molecular flexibility index (Phi) is 22.4. The van der Waals surface area contributed by atoms with Gasteiger partial charge in [-0.3, -0.25) is 0 Å². The summed E-state index contributed by atoms with van der Waals surface area (Å²) in [7, 11) is 0. The van der Waals surface area contributed by atoms with Gasteiger partial charge >= 0.3 is 0 Å². The van der Waals surface area contributed by atoms with Crippen LogP contribution in [0.15, 0.2) is 0 Å². The first-order valence-electron chi connectivity index (χ1n) is 11.4. The zero-order valence-electron chi connectivity index (χ0n) is 18.9. The maximum atomic E-state index is 8.54. The molecule has 0 spiro atoms. The lowest BCUT2D eigenvalue weighted by molar-refractivity contribution is -0.0315. The molecule has 0 aromatic carbocycles. The minimum absolute atomic E-state index is 0.0346. The number of ether oxygens (including phenoxy) is 8. The average Bonchev–Trinajstić information content (AvgIpc) is 2.80. The van der Waals surface area contributed by atoms with Crippen molar-refractivity contribution in [3.63, 3.8) is 0 Å². The van der Waals surface area contributed by atoms with E-state index >= 15 is 0 Å². The molecule has 10 heteroatoms. The van der Waals surface area contributed by atoms with E-state index in [1.807, 2.05) is 0 Å². The Morgan fingerprint density at radius 3 is 1.16 bits per heavy atom. The Labute approximate surface area is 186 Å². The Balaban J connectivity index is 1.62. The van der Waals surface area contributed by atoms with Gasteiger partial charge in [0, 0.05) is 0 Å². The standard InChI is InChI=1S/C21H43NO9/c23-5-6-24-7-8-25-9-10-26-11-12-27-13-14-28-15-16-29-17-18-30-19-20-31-21-1-3-22-4-2-21/h21-23H,1-20H2. The molecule has 1 aliphatic rings. The Bertz CT molecular complexity index is 347. The van der Waals surface area contributed by atoms with Crippen LogP contribution < -0.4 is 5.32 Å². The molecule has 0 unspecified atom stereocenters. The Morgan fingerprint density at radius 2 is 0.806 bits per heavy atom. The van der Waals surface area contributed by atoms with Crippen molar-refractivity contribution in [3.05, 3.63) is 0 Å². The Hall–Kier alpha value is -0.400. The van der Waals surface area contributed by atoms with Crippen molar-refractivity contribution in [3.8, 4) is 0 Å². The van der Waals surface area contributed by atoms with Crippen LogP contribution in [0.5, 0.6) is 0 Å². The second kappa shape index (κ2) is 24.2. The van der Waals surface area contributed by atoms with Gasteiger partial charge in [0.15, 0.2) is 0 Å². The van der Waals surface area contributed by atoms with Crippen LogP contribution in [0.1, 0.15) is 12.8 Å². The fourth-order valence-corrected chi connectivity index (χ4v) is 2.72. The van der Waals surface area contributed by atoms with Gasteiger partial charge in [-0.1, -0.05) is 0 Å². The van der Waals surface area contributed by atoms with E-state index in [4.69, 9.17) is 43.0 Å². The summed E-state index contributed by atoms with van der Waals surface area (Å²) in [6.07, 6.45) is 2.55. The molecule has 0 amide bonds. The predicted octanol–water partition coefficient (Wildman–Crippen LogP) is -0.136. The third-order valence-electron chi connectivity index (χ3n) is 4.34. The van der Waals surface area contributed by atoms with Gasteiger partial charge < -0.3 is 48.3 Å². The van der Waals surface area contributed by atoms with Crippen LogP contribution in [-0.4, -0.2) is 130 Å². The maximum Gasteiger partial charge on any atom is 0.0704 e. The van der Waals surface area contributed by atoms with Crippen LogP contribution in [-0.2, 0) is 37.9 Å². The van der Waals surface area contributed by atoms with Crippen molar-refractivity contribution in [2.24, 2.45) is 0 Å². The summed E-state index contributed by atoms with van der Waals surface area (Å²) in [5, 5.41) is 11.9. The molecular weight excluding hydrogens is 410 g/mol. The van der Waals surface area contributed by atoms with Gasteiger partial charge in [0.2, 0.25) is 0 Å². The SMILES string of the molecule is OCCOCCOCCOCCOCCOCCOCCOCCOC1CCNCC1. The summed E-state index contributed by atoms with van der Waals surface area (Å²) in [6, 6.07) is 0. The topological polar surface area (TPSA) is 106 Å². The molecule has 0 aromatic rings. The molecule has 2 N–H and O–H groups in total. The van der Waals surface area contributed by atoms with E-state index in [0.29, 0.717) is 105 Å². The zero-order valence-corrected chi connectivity index (χ0v) is 18.9. The normalized spacial score (nSPS) is 15.0. The number of nitrogens with one attached hydrogen (secondary N) is 1. The number of piperidine rings is 1. The lowest BCUT2D eigenvalue weighted by atomic mass is 10.1. The van der Waals surface area contributed by atoms with Crippen molar-refractivity contribution >= 4 is 0 Å². The van der Waals surface area contributed by atoms with Gasteiger partial charge in [-0.25, -0.2) is 0 Å². The molecule has 1 saturated heterocycles. The summed E-state index contributed by atoms with van der Waals surface area (Å²) in [6.45, 7) is 10.1. The van der Waals surface area contributed by atoms with Crippen molar-refractivity contribution in [1.29, 1.82) is 0 Å². The van der Waals surface area contributed by atoms with Gasteiger partial charge in [0.05, 0.1) is 112 Å². The molecule has 1 rings (SSSR count). The number of aliphatic hydroxyl groups is 1.